The quantitative estimate of drug-likeness (QED) is 0.941. The van der Waals surface area contributed by atoms with Crippen molar-refractivity contribution in [2.75, 3.05) is 12.9 Å². The molecular weight excluding hydrogens is 290 g/mol. The number of furan rings is 1. The minimum Gasteiger partial charge on any atom is -0.504 e. The number of phenols is 1. The number of carbonyl (C=O) groups excluding carboxylic acids is 1. The molecule has 1 aliphatic rings. The maximum Gasteiger partial charge on any atom is 0.234 e. The maximum atomic E-state index is 12.1. The summed E-state index contributed by atoms with van der Waals surface area (Å²) in [7, 11) is 1.51. The molecule has 1 N–H and O–H groups in total. The first-order valence-corrected chi connectivity index (χ1v) is 7.54. The van der Waals surface area contributed by atoms with E-state index in [0.717, 1.165) is 11.3 Å². The lowest BCUT2D eigenvalue weighted by molar-refractivity contribution is -0.128. The molecule has 0 saturated carbocycles. The molecule has 1 aliphatic heterocycles. The van der Waals surface area contributed by atoms with Gasteiger partial charge in [0.1, 0.15) is 11.1 Å². The van der Waals surface area contributed by atoms with E-state index in [4.69, 9.17) is 9.15 Å². The van der Waals surface area contributed by atoms with Crippen LogP contribution in [0.25, 0.3) is 0 Å². The highest BCUT2D eigenvalue weighted by molar-refractivity contribution is 8.00. The van der Waals surface area contributed by atoms with E-state index in [1.54, 1.807) is 35.1 Å². The molecule has 0 spiro atoms. The van der Waals surface area contributed by atoms with E-state index in [2.05, 4.69) is 0 Å². The van der Waals surface area contributed by atoms with Gasteiger partial charge in [-0.2, -0.15) is 0 Å². The fraction of sp³-hybridized carbons (Fsp3) is 0.267. The van der Waals surface area contributed by atoms with Gasteiger partial charge in [-0.05, 0) is 29.8 Å². The number of methoxy groups -OCH3 is 1. The number of ether oxygens (including phenoxy) is 1. The number of amides is 1. The van der Waals surface area contributed by atoms with E-state index in [1.807, 2.05) is 18.2 Å². The number of benzene rings is 1. The van der Waals surface area contributed by atoms with Gasteiger partial charge in [0.05, 0.1) is 25.7 Å². The van der Waals surface area contributed by atoms with Crippen LogP contribution in [0.1, 0.15) is 16.7 Å². The molecule has 2 aromatic rings. The Labute approximate surface area is 126 Å². The third kappa shape index (κ3) is 2.71. The Bertz CT molecular complexity index is 641. The van der Waals surface area contributed by atoms with Crippen molar-refractivity contribution in [3.05, 3.63) is 47.9 Å². The van der Waals surface area contributed by atoms with Crippen molar-refractivity contribution in [2.45, 2.75) is 11.9 Å². The first-order chi connectivity index (χ1) is 10.2. The van der Waals surface area contributed by atoms with E-state index in [1.165, 1.54) is 7.11 Å². The monoisotopic (exact) mass is 305 g/mol. The first kappa shape index (κ1) is 13.9. The Balaban J connectivity index is 1.87. The molecule has 21 heavy (non-hydrogen) atoms. The Kier molecular flexibility index (Phi) is 3.79. The van der Waals surface area contributed by atoms with Gasteiger partial charge in [0, 0.05) is 0 Å². The molecule has 0 radical (unpaired) electrons. The summed E-state index contributed by atoms with van der Waals surface area (Å²) in [6.07, 6.45) is 1.60. The molecule has 1 fully saturated rings. The number of nitrogens with zero attached hydrogens (tertiary/aromatic N) is 1. The summed E-state index contributed by atoms with van der Waals surface area (Å²) in [4.78, 5) is 13.9. The molecule has 3 rings (SSSR count). The maximum absolute atomic E-state index is 12.1. The fourth-order valence-electron chi connectivity index (χ4n) is 2.32. The van der Waals surface area contributed by atoms with Crippen LogP contribution in [0.5, 0.6) is 11.5 Å². The summed E-state index contributed by atoms with van der Waals surface area (Å²) in [5.74, 6) is 1.77. The minimum atomic E-state index is -0.0999. The zero-order chi connectivity index (χ0) is 14.8. The molecule has 2 heterocycles. The number of rotatable bonds is 4. The van der Waals surface area contributed by atoms with Gasteiger partial charge < -0.3 is 19.2 Å². The van der Waals surface area contributed by atoms with E-state index in [9.17, 15) is 9.90 Å². The summed E-state index contributed by atoms with van der Waals surface area (Å²) in [5, 5.41) is 9.58. The number of hydrogen-bond acceptors (Lipinski definition) is 5. The zero-order valence-corrected chi connectivity index (χ0v) is 12.3. The predicted molar refractivity (Wildman–Crippen MR) is 79.1 cm³/mol. The number of thioether (sulfide) groups is 1. The number of aromatic hydroxyl groups is 1. The predicted octanol–water partition coefficient (Wildman–Crippen LogP) is 2.77. The highest BCUT2D eigenvalue weighted by atomic mass is 32.2. The lowest BCUT2D eigenvalue weighted by Crippen LogP contribution is -2.27. The Hall–Kier alpha value is -2.08. The van der Waals surface area contributed by atoms with Gasteiger partial charge in [0.2, 0.25) is 5.91 Å². The molecule has 0 unspecified atom stereocenters. The SMILES string of the molecule is COc1cc([C@H]2SCC(=O)N2Cc2ccco2)ccc1O. The van der Waals surface area contributed by atoms with Crippen molar-refractivity contribution < 1.29 is 19.1 Å². The highest BCUT2D eigenvalue weighted by Gasteiger charge is 2.33. The normalized spacial score (nSPS) is 18.2. The highest BCUT2D eigenvalue weighted by Crippen LogP contribution is 2.41. The number of carbonyl (C=O) groups is 1. The van der Waals surface area contributed by atoms with Gasteiger partial charge in [-0.1, -0.05) is 6.07 Å². The van der Waals surface area contributed by atoms with Crippen LogP contribution in [0.2, 0.25) is 0 Å². The second-order valence-electron chi connectivity index (χ2n) is 4.70. The topological polar surface area (TPSA) is 62.9 Å². The third-order valence-electron chi connectivity index (χ3n) is 3.36. The second-order valence-corrected chi connectivity index (χ2v) is 5.76. The summed E-state index contributed by atoms with van der Waals surface area (Å²) in [6, 6.07) is 8.82. The Morgan fingerprint density at radius 1 is 1.48 bits per heavy atom. The average molecular weight is 305 g/mol. The van der Waals surface area contributed by atoms with Crippen molar-refractivity contribution >= 4 is 17.7 Å². The lowest BCUT2D eigenvalue weighted by Gasteiger charge is -2.23. The molecule has 1 amide bonds. The Morgan fingerprint density at radius 3 is 3.05 bits per heavy atom. The molecular formula is C15H15NO4S. The van der Waals surface area contributed by atoms with Gasteiger partial charge in [0.25, 0.3) is 0 Å². The summed E-state index contributed by atoms with van der Waals surface area (Å²) in [5.41, 5.74) is 0.923. The number of hydrogen-bond donors (Lipinski definition) is 1. The van der Waals surface area contributed by atoms with Gasteiger partial charge >= 0.3 is 0 Å². The van der Waals surface area contributed by atoms with Gasteiger partial charge in [-0.15, -0.1) is 11.8 Å². The van der Waals surface area contributed by atoms with Crippen molar-refractivity contribution in [2.24, 2.45) is 0 Å². The molecule has 0 bridgehead atoms. The minimum absolute atomic E-state index is 0.0773. The van der Waals surface area contributed by atoms with Crippen molar-refractivity contribution in [1.29, 1.82) is 0 Å². The van der Waals surface area contributed by atoms with Crippen LogP contribution in [0, 0.1) is 0 Å². The molecule has 5 nitrogen and oxygen atoms in total. The Morgan fingerprint density at radius 2 is 2.33 bits per heavy atom. The zero-order valence-electron chi connectivity index (χ0n) is 11.5. The fourth-order valence-corrected chi connectivity index (χ4v) is 3.50. The first-order valence-electron chi connectivity index (χ1n) is 6.49. The van der Waals surface area contributed by atoms with Crippen LogP contribution in [0.4, 0.5) is 0 Å². The molecule has 1 aromatic heterocycles. The molecule has 1 saturated heterocycles. The average Bonchev–Trinajstić information content (AvgIpc) is 3.12. The van der Waals surface area contributed by atoms with E-state index < -0.39 is 0 Å². The van der Waals surface area contributed by atoms with Crippen molar-refractivity contribution in [1.82, 2.24) is 4.90 Å². The van der Waals surface area contributed by atoms with Crippen LogP contribution in [-0.4, -0.2) is 28.8 Å². The van der Waals surface area contributed by atoms with Crippen LogP contribution < -0.4 is 4.74 Å². The van der Waals surface area contributed by atoms with Crippen molar-refractivity contribution in [3.63, 3.8) is 0 Å². The molecule has 0 aliphatic carbocycles. The molecule has 110 valence electrons. The lowest BCUT2D eigenvalue weighted by atomic mass is 10.1. The van der Waals surface area contributed by atoms with Crippen LogP contribution >= 0.6 is 11.8 Å². The van der Waals surface area contributed by atoms with E-state index >= 15 is 0 Å². The molecule has 1 atom stereocenters. The smallest absolute Gasteiger partial charge is 0.234 e. The van der Waals surface area contributed by atoms with Crippen molar-refractivity contribution in [3.8, 4) is 11.5 Å². The largest absolute Gasteiger partial charge is 0.504 e. The number of phenolic OH excluding ortho intramolecular Hbond substituents is 1. The molecule has 1 aromatic carbocycles. The third-order valence-corrected chi connectivity index (χ3v) is 4.62. The van der Waals surface area contributed by atoms with Crippen LogP contribution in [0.15, 0.2) is 41.0 Å². The van der Waals surface area contributed by atoms with E-state index in [-0.39, 0.29) is 17.0 Å². The van der Waals surface area contributed by atoms with E-state index in [0.29, 0.717) is 18.0 Å². The standard InChI is InChI=1S/C15H15NO4S/c1-19-13-7-10(4-5-12(13)17)15-16(14(18)9-21-15)8-11-3-2-6-20-11/h2-7,15,17H,8-9H2,1H3/t15-/m1/s1. The summed E-state index contributed by atoms with van der Waals surface area (Å²) < 4.78 is 10.5. The summed E-state index contributed by atoms with van der Waals surface area (Å²) >= 11 is 1.56. The summed E-state index contributed by atoms with van der Waals surface area (Å²) in [6.45, 7) is 0.437. The van der Waals surface area contributed by atoms with Crippen LogP contribution in [-0.2, 0) is 11.3 Å². The van der Waals surface area contributed by atoms with Gasteiger partial charge in [0.15, 0.2) is 11.5 Å². The van der Waals surface area contributed by atoms with Gasteiger partial charge in [-0.25, -0.2) is 0 Å². The second kappa shape index (κ2) is 5.73. The van der Waals surface area contributed by atoms with Crippen LogP contribution in [0.3, 0.4) is 0 Å². The molecule has 6 heteroatoms. The van der Waals surface area contributed by atoms with Gasteiger partial charge in [-0.3, -0.25) is 4.79 Å².